The third-order valence-corrected chi connectivity index (χ3v) is 8.03. The zero-order valence-corrected chi connectivity index (χ0v) is 21.8. The van der Waals surface area contributed by atoms with Crippen molar-refractivity contribution >= 4 is 34.2 Å². The summed E-state index contributed by atoms with van der Waals surface area (Å²) < 4.78 is 0. The Kier molecular flexibility index (Phi) is 5.36. The summed E-state index contributed by atoms with van der Waals surface area (Å²) in [4.78, 5) is 20.6. The fraction of sp³-hybridized carbons (Fsp3) is 0.345. The van der Waals surface area contributed by atoms with Crippen LogP contribution in [-0.2, 0) is 0 Å². The summed E-state index contributed by atoms with van der Waals surface area (Å²) in [6.07, 6.45) is 8.26. The maximum absolute atomic E-state index is 6.51. The standard InChI is InChI=1S/C29H30ClN7/c1-29(2)16-37(12-11-33-29)28-25-21(17-7-8-17)14-31-15-24(25)35-27(36-28)18-9-10-32-26-20(18)13-23(34-26)19-5-3-4-6-22(19)30/h3-6,9-10,13-15,17,28,33H,7-8,11-12,16H2,1-2H3,(H,32,34)(H,35,36). The maximum Gasteiger partial charge on any atom is 0.138 e. The van der Waals surface area contributed by atoms with Crippen molar-refractivity contribution in [3.05, 3.63) is 76.7 Å². The number of amidine groups is 1. The third-order valence-electron chi connectivity index (χ3n) is 7.70. The molecule has 8 heteroatoms. The van der Waals surface area contributed by atoms with Crippen molar-refractivity contribution in [1.29, 1.82) is 0 Å². The normalized spacial score (nSPS) is 21.4. The molecular formula is C29H30ClN7. The van der Waals surface area contributed by atoms with Gasteiger partial charge in [-0.25, -0.2) is 9.98 Å². The Morgan fingerprint density at radius 3 is 2.76 bits per heavy atom. The van der Waals surface area contributed by atoms with Crippen molar-refractivity contribution in [2.75, 3.05) is 25.0 Å². The van der Waals surface area contributed by atoms with Gasteiger partial charge in [0.05, 0.1) is 11.9 Å². The quantitative estimate of drug-likeness (QED) is 0.327. The zero-order valence-electron chi connectivity index (χ0n) is 21.1. The molecule has 1 aliphatic carbocycles. The Morgan fingerprint density at radius 2 is 1.95 bits per heavy atom. The van der Waals surface area contributed by atoms with Crippen LogP contribution in [0.1, 0.15) is 55.5 Å². The number of piperazine rings is 1. The summed E-state index contributed by atoms with van der Waals surface area (Å²) >= 11 is 6.51. The first-order valence-corrected chi connectivity index (χ1v) is 13.4. The Hall–Kier alpha value is -3.26. The average molecular weight is 512 g/mol. The van der Waals surface area contributed by atoms with Crippen molar-refractivity contribution in [2.24, 2.45) is 4.99 Å². The molecule has 7 rings (SSSR count). The number of aromatic amines is 1. The zero-order chi connectivity index (χ0) is 25.1. The second kappa shape index (κ2) is 8.65. The summed E-state index contributed by atoms with van der Waals surface area (Å²) in [5.41, 5.74) is 7.44. The van der Waals surface area contributed by atoms with Crippen LogP contribution in [0.3, 0.4) is 0 Å². The van der Waals surface area contributed by atoms with Crippen LogP contribution in [0.25, 0.3) is 22.3 Å². The van der Waals surface area contributed by atoms with E-state index in [1.165, 1.54) is 24.0 Å². The van der Waals surface area contributed by atoms with Gasteiger partial charge in [0.25, 0.3) is 0 Å². The fourth-order valence-corrected chi connectivity index (χ4v) is 6.03. The van der Waals surface area contributed by atoms with Crippen LogP contribution >= 0.6 is 11.6 Å². The van der Waals surface area contributed by atoms with Gasteiger partial charge in [-0.1, -0.05) is 29.8 Å². The van der Waals surface area contributed by atoms with Gasteiger partial charge in [0.1, 0.15) is 17.6 Å². The predicted octanol–water partition coefficient (Wildman–Crippen LogP) is 5.71. The molecule has 0 spiro atoms. The van der Waals surface area contributed by atoms with E-state index in [9.17, 15) is 0 Å². The highest BCUT2D eigenvalue weighted by Crippen LogP contribution is 2.47. The number of rotatable bonds is 4. The molecule has 188 valence electrons. The number of halogens is 1. The number of H-pyrrole nitrogens is 1. The number of nitrogens with one attached hydrogen (secondary N) is 3. The van der Waals surface area contributed by atoms with Crippen LogP contribution in [0, 0.1) is 0 Å². The smallest absolute Gasteiger partial charge is 0.138 e. The summed E-state index contributed by atoms with van der Waals surface area (Å²) in [6.45, 7) is 7.35. The first kappa shape index (κ1) is 22.9. The molecule has 3 N–H and O–H groups in total. The Morgan fingerprint density at radius 1 is 1.08 bits per heavy atom. The molecule has 7 nitrogen and oxygen atoms in total. The van der Waals surface area contributed by atoms with Crippen molar-refractivity contribution in [3.8, 4) is 11.3 Å². The van der Waals surface area contributed by atoms with Gasteiger partial charge >= 0.3 is 0 Å². The molecule has 1 saturated carbocycles. The number of hydrogen-bond acceptors (Lipinski definition) is 6. The number of benzene rings is 1. The van der Waals surface area contributed by atoms with Gasteiger partial charge in [0.15, 0.2) is 0 Å². The lowest BCUT2D eigenvalue weighted by Crippen LogP contribution is -2.57. The summed E-state index contributed by atoms with van der Waals surface area (Å²) in [5.74, 6) is 1.44. The van der Waals surface area contributed by atoms with E-state index in [0.29, 0.717) is 10.9 Å². The van der Waals surface area contributed by atoms with E-state index >= 15 is 0 Å². The summed E-state index contributed by atoms with van der Waals surface area (Å²) in [6, 6.07) is 12.0. The fourth-order valence-electron chi connectivity index (χ4n) is 5.79. The minimum Gasteiger partial charge on any atom is -0.339 e. The monoisotopic (exact) mass is 511 g/mol. The molecule has 0 bridgehead atoms. The molecule has 3 aliphatic rings. The molecule has 2 fully saturated rings. The van der Waals surface area contributed by atoms with Gasteiger partial charge in [-0.15, -0.1) is 0 Å². The van der Waals surface area contributed by atoms with Crippen LogP contribution in [0.15, 0.2) is 60.0 Å². The minimum absolute atomic E-state index is 0.0279. The molecule has 1 saturated heterocycles. The number of aliphatic imine (C=N–C) groups is 1. The highest BCUT2D eigenvalue weighted by atomic mass is 35.5. The highest BCUT2D eigenvalue weighted by molar-refractivity contribution is 6.33. The predicted molar refractivity (Wildman–Crippen MR) is 149 cm³/mol. The number of nitrogens with zero attached hydrogens (tertiary/aromatic N) is 4. The highest BCUT2D eigenvalue weighted by Gasteiger charge is 2.38. The van der Waals surface area contributed by atoms with Gasteiger partial charge in [0.2, 0.25) is 0 Å². The molecule has 1 unspecified atom stereocenters. The molecule has 37 heavy (non-hydrogen) atoms. The third kappa shape index (κ3) is 4.11. The molecule has 5 heterocycles. The topological polar surface area (TPSA) is 81.2 Å². The van der Waals surface area contributed by atoms with Crippen molar-refractivity contribution < 1.29 is 0 Å². The first-order valence-electron chi connectivity index (χ1n) is 13.0. The van der Waals surface area contributed by atoms with Gasteiger partial charge in [-0.05, 0) is 56.4 Å². The number of fused-ring (bicyclic) bond motifs is 2. The summed E-state index contributed by atoms with van der Waals surface area (Å²) in [5, 5.41) is 9.02. The average Bonchev–Trinajstić information content (AvgIpc) is 3.65. The Balaban J connectivity index is 1.36. The van der Waals surface area contributed by atoms with Crippen molar-refractivity contribution in [3.63, 3.8) is 0 Å². The van der Waals surface area contributed by atoms with E-state index in [4.69, 9.17) is 16.6 Å². The van der Waals surface area contributed by atoms with Crippen LogP contribution < -0.4 is 10.6 Å². The molecule has 2 aliphatic heterocycles. The van der Waals surface area contributed by atoms with Crippen LogP contribution in [0.4, 0.5) is 5.69 Å². The minimum atomic E-state index is -0.0589. The van der Waals surface area contributed by atoms with Crippen LogP contribution in [-0.4, -0.2) is 50.9 Å². The number of anilines is 1. The summed E-state index contributed by atoms with van der Waals surface area (Å²) in [7, 11) is 0. The number of hydrogen-bond donors (Lipinski definition) is 3. The molecule has 1 atom stereocenters. The van der Waals surface area contributed by atoms with E-state index in [1.807, 2.05) is 42.7 Å². The van der Waals surface area contributed by atoms with Gasteiger partial charge in [-0.3, -0.25) is 9.88 Å². The largest absolute Gasteiger partial charge is 0.339 e. The molecule has 3 aromatic heterocycles. The van der Waals surface area contributed by atoms with E-state index in [2.05, 4.69) is 56.6 Å². The second-order valence-electron chi connectivity index (χ2n) is 11.0. The van der Waals surface area contributed by atoms with E-state index in [-0.39, 0.29) is 11.7 Å². The lowest BCUT2D eigenvalue weighted by atomic mass is 9.95. The van der Waals surface area contributed by atoms with E-state index < -0.39 is 0 Å². The van der Waals surface area contributed by atoms with Crippen LogP contribution in [0.5, 0.6) is 0 Å². The Labute approximate surface area is 221 Å². The maximum atomic E-state index is 6.51. The number of aromatic nitrogens is 3. The SMILES string of the molecule is CC1(C)CN(C2N=C(c3ccnc4[nH]c(-c5ccccc5Cl)cc34)Nc3cncc(C4CC4)c32)CCN1. The van der Waals surface area contributed by atoms with E-state index in [1.54, 1.807) is 0 Å². The number of pyridine rings is 2. The molecule has 0 radical (unpaired) electrons. The van der Waals surface area contributed by atoms with Crippen molar-refractivity contribution in [1.82, 2.24) is 25.2 Å². The molecular weight excluding hydrogens is 482 g/mol. The van der Waals surface area contributed by atoms with Crippen molar-refractivity contribution in [2.45, 2.75) is 44.3 Å². The lowest BCUT2D eigenvalue weighted by molar-refractivity contribution is 0.112. The lowest BCUT2D eigenvalue weighted by Gasteiger charge is -2.43. The first-order chi connectivity index (χ1) is 18.0. The van der Waals surface area contributed by atoms with Gasteiger partial charge in [0, 0.05) is 70.4 Å². The van der Waals surface area contributed by atoms with Crippen LogP contribution in [0.2, 0.25) is 5.02 Å². The van der Waals surface area contributed by atoms with Gasteiger partial charge < -0.3 is 15.6 Å². The van der Waals surface area contributed by atoms with E-state index in [0.717, 1.165) is 59.0 Å². The second-order valence-corrected chi connectivity index (χ2v) is 11.4. The molecule has 4 aromatic rings. The molecule has 0 amide bonds. The molecule has 1 aromatic carbocycles. The Bertz CT molecular complexity index is 1530. The van der Waals surface area contributed by atoms with Gasteiger partial charge in [-0.2, -0.15) is 0 Å².